The third kappa shape index (κ3) is 5.57. The van der Waals surface area contributed by atoms with Gasteiger partial charge >= 0.3 is 5.97 Å². The van der Waals surface area contributed by atoms with Crippen LogP contribution in [0.15, 0.2) is 30.3 Å². The molecule has 0 saturated heterocycles. The highest BCUT2D eigenvalue weighted by molar-refractivity contribution is 5.77. The van der Waals surface area contributed by atoms with Gasteiger partial charge in [-0.3, -0.25) is 9.59 Å². The van der Waals surface area contributed by atoms with Gasteiger partial charge in [0.15, 0.2) is 6.61 Å². The monoisotopic (exact) mass is 273 g/mol. The highest BCUT2D eigenvalue weighted by Gasteiger charge is 2.18. The van der Waals surface area contributed by atoms with Crippen LogP contribution in [0.1, 0.15) is 38.3 Å². The van der Waals surface area contributed by atoms with E-state index in [4.69, 9.17) is 4.74 Å². The number of carbonyl (C=O) groups excluding carboxylic acids is 2. The van der Waals surface area contributed by atoms with Crippen LogP contribution in [0.4, 0.5) is 0 Å². The summed E-state index contributed by atoms with van der Waals surface area (Å²) in [5.74, 6) is 4.84. The van der Waals surface area contributed by atoms with Gasteiger partial charge in [0, 0.05) is 6.42 Å². The van der Waals surface area contributed by atoms with Crippen molar-refractivity contribution in [2.75, 3.05) is 6.61 Å². The molecule has 0 aliphatic heterocycles. The summed E-state index contributed by atoms with van der Waals surface area (Å²) < 4.78 is 4.99. The van der Waals surface area contributed by atoms with Crippen LogP contribution in [0.25, 0.3) is 0 Å². The molecule has 0 aliphatic carbocycles. The summed E-state index contributed by atoms with van der Waals surface area (Å²) in [5.41, 5.74) is 0.882. The SMILES string of the molecule is CC#CCOC(=O)CC(NC(=O)CC)c1ccccc1. The van der Waals surface area contributed by atoms with Crippen LogP contribution in [0.2, 0.25) is 0 Å². The molecule has 0 radical (unpaired) electrons. The highest BCUT2D eigenvalue weighted by atomic mass is 16.5. The van der Waals surface area contributed by atoms with E-state index in [1.807, 2.05) is 30.3 Å². The van der Waals surface area contributed by atoms with Gasteiger partial charge < -0.3 is 10.1 Å². The Morgan fingerprint density at radius 2 is 2.00 bits per heavy atom. The normalized spacial score (nSPS) is 10.9. The van der Waals surface area contributed by atoms with E-state index < -0.39 is 0 Å². The van der Waals surface area contributed by atoms with Crippen molar-refractivity contribution in [1.29, 1.82) is 0 Å². The first-order valence-corrected chi connectivity index (χ1v) is 6.57. The Balaban J connectivity index is 2.69. The molecule has 0 aliphatic rings. The molecular weight excluding hydrogens is 254 g/mol. The zero-order chi connectivity index (χ0) is 14.8. The Morgan fingerprint density at radius 3 is 2.60 bits per heavy atom. The van der Waals surface area contributed by atoms with Crippen LogP contribution in [0.5, 0.6) is 0 Å². The summed E-state index contributed by atoms with van der Waals surface area (Å²) in [4.78, 5) is 23.3. The van der Waals surface area contributed by atoms with Gasteiger partial charge in [-0.2, -0.15) is 0 Å². The maximum atomic E-state index is 11.7. The van der Waals surface area contributed by atoms with E-state index in [-0.39, 0.29) is 30.9 Å². The third-order valence-electron chi connectivity index (χ3n) is 2.71. The molecule has 1 unspecified atom stereocenters. The molecular formula is C16H19NO3. The lowest BCUT2D eigenvalue weighted by atomic mass is 10.0. The minimum Gasteiger partial charge on any atom is -0.452 e. The van der Waals surface area contributed by atoms with Crippen molar-refractivity contribution in [1.82, 2.24) is 5.32 Å². The van der Waals surface area contributed by atoms with E-state index in [0.717, 1.165) is 5.56 Å². The quantitative estimate of drug-likeness (QED) is 0.638. The van der Waals surface area contributed by atoms with Gasteiger partial charge in [0.2, 0.25) is 5.91 Å². The summed E-state index contributed by atoms with van der Waals surface area (Å²) >= 11 is 0. The minimum atomic E-state index is -0.377. The fourth-order valence-electron chi connectivity index (χ4n) is 1.65. The van der Waals surface area contributed by atoms with Crippen LogP contribution in [-0.2, 0) is 14.3 Å². The molecule has 1 rings (SSSR count). The first-order chi connectivity index (χ1) is 9.67. The molecule has 4 nitrogen and oxygen atoms in total. The number of esters is 1. The summed E-state index contributed by atoms with van der Waals surface area (Å²) in [6, 6.07) is 9.00. The Bertz CT molecular complexity index is 499. The molecule has 1 aromatic carbocycles. The van der Waals surface area contributed by atoms with Gasteiger partial charge in [0.25, 0.3) is 0 Å². The van der Waals surface area contributed by atoms with Gasteiger partial charge in [-0.15, -0.1) is 5.92 Å². The van der Waals surface area contributed by atoms with Crippen molar-refractivity contribution in [3.05, 3.63) is 35.9 Å². The second kappa shape index (κ2) is 8.76. The Morgan fingerprint density at radius 1 is 1.30 bits per heavy atom. The lowest BCUT2D eigenvalue weighted by Gasteiger charge is -2.18. The fraction of sp³-hybridized carbons (Fsp3) is 0.375. The van der Waals surface area contributed by atoms with Gasteiger partial charge in [-0.25, -0.2) is 0 Å². The number of hydrogen-bond donors (Lipinski definition) is 1. The molecule has 1 amide bonds. The van der Waals surface area contributed by atoms with Gasteiger partial charge in [-0.1, -0.05) is 43.2 Å². The summed E-state index contributed by atoms with van der Waals surface area (Å²) in [6.07, 6.45) is 0.473. The van der Waals surface area contributed by atoms with Gasteiger partial charge in [0.05, 0.1) is 12.5 Å². The third-order valence-corrected chi connectivity index (χ3v) is 2.71. The molecule has 4 heteroatoms. The maximum Gasteiger partial charge on any atom is 0.309 e. The zero-order valence-corrected chi connectivity index (χ0v) is 11.8. The first-order valence-electron chi connectivity index (χ1n) is 6.57. The molecule has 0 fully saturated rings. The predicted molar refractivity (Wildman–Crippen MR) is 76.6 cm³/mol. The first kappa shape index (κ1) is 15.8. The maximum absolute atomic E-state index is 11.7. The van der Waals surface area contributed by atoms with Crippen LogP contribution in [0, 0.1) is 11.8 Å². The predicted octanol–water partition coefficient (Wildman–Crippen LogP) is 2.21. The molecule has 0 saturated carbocycles. The smallest absolute Gasteiger partial charge is 0.309 e. The minimum absolute atomic E-state index is 0.0819. The molecule has 0 spiro atoms. The molecule has 1 aromatic rings. The summed E-state index contributed by atoms with van der Waals surface area (Å²) in [7, 11) is 0. The van der Waals surface area contributed by atoms with E-state index in [2.05, 4.69) is 17.2 Å². The second-order valence-electron chi connectivity index (χ2n) is 4.18. The largest absolute Gasteiger partial charge is 0.452 e. The number of rotatable bonds is 6. The fourth-order valence-corrected chi connectivity index (χ4v) is 1.65. The number of benzene rings is 1. The number of hydrogen-bond acceptors (Lipinski definition) is 3. The lowest BCUT2D eigenvalue weighted by Crippen LogP contribution is -2.30. The molecule has 20 heavy (non-hydrogen) atoms. The van der Waals surface area contributed by atoms with Crippen molar-refractivity contribution in [2.45, 2.75) is 32.7 Å². The number of carbonyl (C=O) groups is 2. The van der Waals surface area contributed by atoms with Gasteiger partial charge in [-0.05, 0) is 12.5 Å². The number of nitrogens with one attached hydrogen (secondary N) is 1. The number of amides is 1. The topological polar surface area (TPSA) is 55.4 Å². The Kier molecular flexibility index (Phi) is 6.91. The molecule has 1 N–H and O–H groups in total. The zero-order valence-electron chi connectivity index (χ0n) is 11.8. The molecule has 0 aromatic heterocycles. The summed E-state index contributed by atoms with van der Waals surface area (Å²) in [6.45, 7) is 3.53. The van der Waals surface area contributed by atoms with Crippen LogP contribution < -0.4 is 5.32 Å². The van der Waals surface area contributed by atoms with Gasteiger partial charge in [0.1, 0.15) is 0 Å². The van der Waals surface area contributed by atoms with Crippen LogP contribution in [-0.4, -0.2) is 18.5 Å². The Hall–Kier alpha value is -2.28. The van der Waals surface area contributed by atoms with E-state index in [9.17, 15) is 9.59 Å². The van der Waals surface area contributed by atoms with Crippen LogP contribution in [0.3, 0.4) is 0 Å². The lowest BCUT2D eigenvalue weighted by molar-refractivity contribution is -0.142. The average Bonchev–Trinajstić information content (AvgIpc) is 2.47. The molecule has 0 heterocycles. The van der Waals surface area contributed by atoms with Crippen molar-refractivity contribution >= 4 is 11.9 Å². The van der Waals surface area contributed by atoms with Crippen LogP contribution >= 0.6 is 0 Å². The summed E-state index contributed by atoms with van der Waals surface area (Å²) in [5, 5.41) is 2.83. The van der Waals surface area contributed by atoms with Crippen molar-refractivity contribution in [3.8, 4) is 11.8 Å². The second-order valence-corrected chi connectivity index (χ2v) is 4.18. The van der Waals surface area contributed by atoms with E-state index in [1.165, 1.54) is 0 Å². The highest BCUT2D eigenvalue weighted by Crippen LogP contribution is 2.17. The van der Waals surface area contributed by atoms with Crippen molar-refractivity contribution < 1.29 is 14.3 Å². The van der Waals surface area contributed by atoms with Crippen molar-refractivity contribution in [3.63, 3.8) is 0 Å². The van der Waals surface area contributed by atoms with Crippen molar-refractivity contribution in [2.24, 2.45) is 0 Å². The molecule has 1 atom stereocenters. The van der Waals surface area contributed by atoms with E-state index >= 15 is 0 Å². The number of ether oxygens (including phenoxy) is 1. The van der Waals surface area contributed by atoms with E-state index in [1.54, 1.807) is 13.8 Å². The van der Waals surface area contributed by atoms with E-state index in [0.29, 0.717) is 6.42 Å². The average molecular weight is 273 g/mol. The standard InChI is InChI=1S/C16H19NO3/c1-3-5-11-20-16(19)12-14(17-15(18)4-2)13-9-7-6-8-10-13/h6-10,14H,4,11-12H2,1-2H3,(H,17,18). The molecule has 106 valence electrons. The Labute approximate surface area is 119 Å². The molecule has 0 bridgehead atoms.